The molecule has 1 unspecified atom stereocenters. The average molecular weight is 513 g/mol. The molecule has 2 heterocycles. The number of para-hydroxylation sites is 1. The van der Waals surface area contributed by atoms with E-state index in [9.17, 15) is 14.7 Å². The molecule has 0 radical (unpaired) electrons. The van der Waals surface area contributed by atoms with E-state index in [-0.39, 0.29) is 11.3 Å². The number of fused-ring (bicyclic) bond motifs is 1. The lowest BCUT2D eigenvalue weighted by Crippen LogP contribution is -2.31. The zero-order valence-corrected chi connectivity index (χ0v) is 20.3. The van der Waals surface area contributed by atoms with Gasteiger partial charge in [-0.1, -0.05) is 18.2 Å². The van der Waals surface area contributed by atoms with Crippen molar-refractivity contribution in [1.29, 1.82) is 0 Å². The Hall–Kier alpha value is -3.10. The van der Waals surface area contributed by atoms with E-state index in [0.717, 1.165) is 16.5 Å². The summed E-state index contributed by atoms with van der Waals surface area (Å²) in [4.78, 5) is 27.8. The Morgan fingerprint density at radius 3 is 2.61 bits per heavy atom. The van der Waals surface area contributed by atoms with Crippen molar-refractivity contribution in [1.82, 2.24) is 9.47 Å². The molecule has 1 fully saturated rings. The SMILES string of the molecule is COCCCN1C(=O)C(=O)/C(=C(/O)c2ccc(OC)c(Br)c2)C1c1cn(C)c2ccccc12. The number of rotatable bonds is 7. The largest absolute Gasteiger partial charge is 0.507 e. The van der Waals surface area contributed by atoms with Crippen molar-refractivity contribution < 1.29 is 24.2 Å². The molecule has 1 aliphatic heterocycles. The predicted octanol–water partition coefficient (Wildman–Crippen LogP) is 4.41. The second kappa shape index (κ2) is 9.41. The Balaban J connectivity index is 1.91. The minimum absolute atomic E-state index is 0.0748. The maximum absolute atomic E-state index is 13.2. The Morgan fingerprint density at radius 2 is 1.91 bits per heavy atom. The Morgan fingerprint density at radius 1 is 1.15 bits per heavy atom. The van der Waals surface area contributed by atoms with Gasteiger partial charge >= 0.3 is 0 Å². The molecule has 3 aromatic rings. The number of aryl methyl sites for hydroxylation is 1. The summed E-state index contributed by atoms with van der Waals surface area (Å²) in [6.07, 6.45) is 2.49. The molecular weight excluding hydrogens is 488 g/mol. The van der Waals surface area contributed by atoms with Gasteiger partial charge in [-0.25, -0.2) is 0 Å². The zero-order valence-electron chi connectivity index (χ0n) is 18.7. The highest BCUT2D eigenvalue weighted by molar-refractivity contribution is 9.10. The number of hydrogen-bond donors (Lipinski definition) is 1. The van der Waals surface area contributed by atoms with E-state index >= 15 is 0 Å². The molecule has 33 heavy (non-hydrogen) atoms. The number of aromatic nitrogens is 1. The molecule has 4 rings (SSSR count). The van der Waals surface area contributed by atoms with Gasteiger partial charge in [0.1, 0.15) is 11.5 Å². The van der Waals surface area contributed by atoms with Crippen LogP contribution in [-0.4, -0.2) is 53.6 Å². The summed E-state index contributed by atoms with van der Waals surface area (Å²) >= 11 is 3.42. The molecular formula is C25H25BrN2O5. The first-order chi connectivity index (χ1) is 15.9. The molecule has 1 aromatic heterocycles. The van der Waals surface area contributed by atoms with Gasteiger partial charge < -0.3 is 24.0 Å². The molecule has 0 bridgehead atoms. The molecule has 1 atom stereocenters. The van der Waals surface area contributed by atoms with Crippen LogP contribution < -0.4 is 4.74 Å². The third-order valence-corrected chi connectivity index (χ3v) is 6.55. The van der Waals surface area contributed by atoms with Crippen molar-refractivity contribution in [2.45, 2.75) is 12.5 Å². The van der Waals surface area contributed by atoms with E-state index in [4.69, 9.17) is 9.47 Å². The molecule has 0 aliphatic carbocycles. The molecule has 0 spiro atoms. The number of likely N-dealkylation sites (tertiary alicyclic amines) is 1. The van der Waals surface area contributed by atoms with Gasteiger partial charge in [0.05, 0.1) is 23.2 Å². The maximum atomic E-state index is 13.2. The number of benzene rings is 2. The fraction of sp³-hybridized carbons (Fsp3) is 0.280. The third-order valence-electron chi connectivity index (χ3n) is 5.94. The van der Waals surface area contributed by atoms with Crippen LogP contribution in [-0.2, 0) is 21.4 Å². The van der Waals surface area contributed by atoms with Crippen LogP contribution in [0, 0.1) is 0 Å². The molecule has 1 amide bonds. The lowest BCUT2D eigenvalue weighted by Gasteiger charge is -2.25. The van der Waals surface area contributed by atoms with Gasteiger partial charge in [-0.15, -0.1) is 0 Å². The topological polar surface area (TPSA) is 81.0 Å². The number of aliphatic hydroxyl groups is 1. The first-order valence-electron chi connectivity index (χ1n) is 10.5. The Bertz CT molecular complexity index is 1260. The quantitative estimate of drug-likeness (QED) is 0.219. The smallest absolute Gasteiger partial charge is 0.295 e. The van der Waals surface area contributed by atoms with Crippen molar-refractivity contribution in [2.75, 3.05) is 27.4 Å². The standard InChI is InChI=1S/C25H25BrN2O5/c1-27-14-17(16-7-4-5-8-19(16)27)22-21(24(30)25(31)28(22)11-6-12-32-2)23(29)15-9-10-20(33-3)18(26)13-15/h4-5,7-10,13-14,22,29H,6,11-12H2,1-3H3/b23-21+. The van der Waals surface area contributed by atoms with Crippen molar-refractivity contribution in [3.05, 3.63) is 69.8 Å². The first-order valence-corrected chi connectivity index (χ1v) is 11.3. The predicted molar refractivity (Wildman–Crippen MR) is 129 cm³/mol. The summed E-state index contributed by atoms with van der Waals surface area (Å²) in [5.41, 5.74) is 2.26. The van der Waals surface area contributed by atoms with Gasteiger partial charge in [0, 0.05) is 55.5 Å². The molecule has 1 saturated heterocycles. The van der Waals surface area contributed by atoms with Gasteiger partial charge in [0.15, 0.2) is 0 Å². The van der Waals surface area contributed by atoms with Crippen LogP contribution in [0.2, 0.25) is 0 Å². The molecule has 1 aliphatic rings. The number of halogens is 1. The number of aliphatic hydroxyl groups excluding tert-OH is 1. The van der Waals surface area contributed by atoms with E-state index in [1.54, 1.807) is 32.4 Å². The highest BCUT2D eigenvalue weighted by Crippen LogP contribution is 2.43. The number of hydrogen-bond acceptors (Lipinski definition) is 5. The fourth-order valence-electron chi connectivity index (χ4n) is 4.37. The van der Waals surface area contributed by atoms with Crippen LogP contribution in [0.3, 0.4) is 0 Å². The molecule has 0 saturated carbocycles. The maximum Gasteiger partial charge on any atom is 0.295 e. The fourth-order valence-corrected chi connectivity index (χ4v) is 4.91. The van der Waals surface area contributed by atoms with Crippen molar-refractivity contribution in [3.8, 4) is 5.75 Å². The van der Waals surface area contributed by atoms with E-state index in [1.165, 1.54) is 4.90 Å². The number of ketones is 1. The summed E-state index contributed by atoms with van der Waals surface area (Å²) in [5, 5.41) is 12.2. The normalized spacial score (nSPS) is 17.8. The van der Waals surface area contributed by atoms with Crippen LogP contribution in [0.1, 0.15) is 23.6 Å². The summed E-state index contributed by atoms with van der Waals surface area (Å²) in [6.45, 7) is 0.784. The van der Waals surface area contributed by atoms with Gasteiger partial charge in [-0.05, 0) is 46.6 Å². The highest BCUT2D eigenvalue weighted by atomic mass is 79.9. The number of Topliss-reactive ketones (excluding diaryl/α,β-unsaturated/α-hetero) is 1. The molecule has 1 N–H and O–H groups in total. The Kier molecular flexibility index (Phi) is 6.58. The Labute approximate surface area is 200 Å². The van der Waals surface area contributed by atoms with Crippen LogP contribution in [0.25, 0.3) is 16.7 Å². The van der Waals surface area contributed by atoms with Crippen molar-refractivity contribution in [3.63, 3.8) is 0 Å². The zero-order chi connectivity index (χ0) is 23.7. The summed E-state index contributed by atoms with van der Waals surface area (Å²) in [5.74, 6) is -0.950. The second-order valence-electron chi connectivity index (χ2n) is 7.90. The molecule has 172 valence electrons. The van der Waals surface area contributed by atoms with Crippen molar-refractivity contribution in [2.24, 2.45) is 7.05 Å². The summed E-state index contributed by atoms with van der Waals surface area (Å²) in [6, 6.07) is 12.1. The minimum Gasteiger partial charge on any atom is -0.507 e. The van der Waals surface area contributed by atoms with E-state index in [2.05, 4.69) is 15.9 Å². The first kappa shape index (κ1) is 23.1. The molecule has 2 aromatic carbocycles. The van der Waals surface area contributed by atoms with Gasteiger partial charge in [0.25, 0.3) is 11.7 Å². The van der Waals surface area contributed by atoms with E-state index in [0.29, 0.717) is 35.4 Å². The average Bonchev–Trinajstić information content (AvgIpc) is 3.27. The highest BCUT2D eigenvalue weighted by Gasteiger charge is 2.46. The van der Waals surface area contributed by atoms with Gasteiger partial charge in [-0.2, -0.15) is 0 Å². The minimum atomic E-state index is -0.714. The van der Waals surface area contributed by atoms with Crippen molar-refractivity contribution >= 4 is 44.3 Å². The van der Waals surface area contributed by atoms with Crippen LogP contribution in [0.15, 0.2) is 58.7 Å². The van der Waals surface area contributed by atoms with Crippen LogP contribution >= 0.6 is 15.9 Å². The number of methoxy groups -OCH3 is 2. The molecule has 8 heteroatoms. The number of carbonyl (C=O) groups excluding carboxylic acids is 2. The summed E-state index contributed by atoms with van der Waals surface area (Å²) in [7, 11) is 5.06. The second-order valence-corrected chi connectivity index (χ2v) is 8.75. The van der Waals surface area contributed by atoms with Gasteiger partial charge in [-0.3, -0.25) is 9.59 Å². The third kappa shape index (κ3) is 4.05. The lowest BCUT2D eigenvalue weighted by atomic mass is 9.95. The van der Waals surface area contributed by atoms with Crippen LogP contribution in [0.4, 0.5) is 0 Å². The number of ether oxygens (including phenoxy) is 2. The lowest BCUT2D eigenvalue weighted by molar-refractivity contribution is -0.140. The number of nitrogens with zero attached hydrogens (tertiary/aromatic N) is 2. The van der Waals surface area contributed by atoms with Gasteiger partial charge in [0.2, 0.25) is 0 Å². The summed E-state index contributed by atoms with van der Waals surface area (Å²) < 4.78 is 13.0. The van der Waals surface area contributed by atoms with E-state index < -0.39 is 17.7 Å². The monoisotopic (exact) mass is 512 g/mol. The van der Waals surface area contributed by atoms with Crippen LogP contribution in [0.5, 0.6) is 5.75 Å². The number of carbonyl (C=O) groups is 2. The number of amides is 1. The molecule has 7 nitrogen and oxygen atoms in total. The van der Waals surface area contributed by atoms with E-state index in [1.807, 2.05) is 42.1 Å².